The Hall–Kier alpha value is -0.150. The molecule has 0 saturated carbocycles. The van der Waals surface area contributed by atoms with Crippen molar-refractivity contribution in [1.29, 1.82) is 0 Å². The SMILES string of the molecule is CCN(CC)CC(CF)OC. The van der Waals surface area contributed by atoms with Crippen LogP contribution in [-0.4, -0.2) is 44.4 Å². The molecule has 0 aliphatic heterocycles. The quantitative estimate of drug-likeness (QED) is 0.585. The molecule has 0 N–H and O–H groups in total. The third-order valence-corrected chi connectivity index (χ3v) is 1.86. The normalized spacial score (nSPS) is 13.9. The van der Waals surface area contributed by atoms with Crippen LogP contribution in [0.4, 0.5) is 4.39 Å². The zero-order valence-electron chi connectivity index (χ0n) is 7.64. The fraction of sp³-hybridized carbons (Fsp3) is 1.00. The Bertz CT molecular complexity index is 72.2. The molecule has 0 bridgehead atoms. The van der Waals surface area contributed by atoms with Crippen molar-refractivity contribution in [3.63, 3.8) is 0 Å². The summed E-state index contributed by atoms with van der Waals surface area (Å²) in [7, 11) is 1.55. The van der Waals surface area contributed by atoms with Gasteiger partial charge in [0, 0.05) is 13.7 Å². The maximum absolute atomic E-state index is 12.1. The topological polar surface area (TPSA) is 12.5 Å². The maximum atomic E-state index is 12.1. The van der Waals surface area contributed by atoms with Crippen LogP contribution in [0, 0.1) is 0 Å². The zero-order valence-corrected chi connectivity index (χ0v) is 7.64. The van der Waals surface area contributed by atoms with Crippen LogP contribution in [0.3, 0.4) is 0 Å². The summed E-state index contributed by atoms with van der Waals surface area (Å²) in [4.78, 5) is 2.15. The van der Waals surface area contributed by atoms with Crippen LogP contribution >= 0.6 is 0 Å². The summed E-state index contributed by atoms with van der Waals surface area (Å²) in [5.41, 5.74) is 0. The summed E-state index contributed by atoms with van der Waals surface area (Å²) in [6.07, 6.45) is -0.255. The van der Waals surface area contributed by atoms with E-state index in [2.05, 4.69) is 18.7 Å². The molecule has 68 valence electrons. The van der Waals surface area contributed by atoms with Gasteiger partial charge in [-0.25, -0.2) is 4.39 Å². The Morgan fingerprint density at radius 2 is 1.91 bits per heavy atom. The Labute approximate surface area is 68.3 Å². The van der Waals surface area contributed by atoms with Crippen molar-refractivity contribution in [3.8, 4) is 0 Å². The molecular formula is C8H18FNO. The van der Waals surface area contributed by atoms with Crippen molar-refractivity contribution in [2.75, 3.05) is 33.4 Å². The molecule has 0 amide bonds. The van der Waals surface area contributed by atoms with Gasteiger partial charge in [-0.1, -0.05) is 13.8 Å². The molecule has 0 aromatic heterocycles. The van der Waals surface area contributed by atoms with Crippen molar-refractivity contribution >= 4 is 0 Å². The lowest BCUT2D eigenvalue weighted by Crippen LogP contribution is -2.34. The second-order valence-electron chi connectivity index (χ2n) is 2.50. The number of hydrogen-bond donors (Lipinski definition) is 0. The summed E-state index contributed by atoms with van der Waals surface area (Å²) in [6.45, 7) is 6.34. The van der Waals surface area contributed by atoms with Crippen LogP contribution in [0.5, 0.6) is 0 Å². The van der Waals surface area contributed by atoms with E-state index in [1.54, 1.807) is 7.11 Å². The minimum absolute atomic E-state index is 0.255. The smallest absolute Gasteiger partial charge is 0.117 e. The van der Waals surface area contributed by atoms with E-state index in [1.165, 1.54) is 0 Å². The highest BCUT2D eigenvalue weighted by Gasteiger charge is 2.09. The van der Waals surface area contributed by atoms with Crippen molar-refractivity contribution in [1.82, 2.24) is 4.90 Å². The van der Waals surface area contributed by atoms with E-state index in [4.69, 9.17) is 4.74 Å². The van der Waals surface area contributed by atoms with Gasteiger partial charge in [-0.2, -0.15) is 0 Å². The van der Waals surface area contributed by atoms with E-state index in [-0.39, 0.29) is 6.10 Å². The van der Waals surface area contributed by atoms with Crippen LogP contribution in [0.15, 0.2) is 0 Å². The lowest BCUT2D eigenvalue weighted by molar-refractivity contribution is 0.0486. The van der Waals surface area contributed by atoms with Crippen LogP contribution in [-0.2, 0) is 4.74 Å². The molecule has 0 aliphatic rings. The standard InChI is InChI=1S/C8H18FNO/c1-4-10(5-2)7-8(6-9)11-3/h8H,4-7H2,1-3H3. The van der Waals surface area contributed by atoms with Gasteiger partial charge < -0.3 is 9.64 Å². The van der Waals surface area contributed by atoms with Crippen LogP contribution in [0.25, 0.3) is 0 Å². The fourth-order valence-electron chi connectivity index (χ4n) is 0.956. The second-order valence-corrected chi connectivity index (χ2v) is 2.50. The van der Waals surface area contributed by atoms with E-state index in [9.17, 15) is 4.39 Å². The van der Waals surface area contributed by atoms with Gasteiger partial charge >= 0.3 is 0 Å². The Morgan fingerprint density at radius 3 is 2.18 bits per heavy atom. The highest BCUT2D eigenvalue weighted by molar-refractivity contribution is 4.62. The molecule has 0 aromatic carbocycles. The lowest BCUT2D eigenvalue weighted by atomic mass is 10.3. The minimum atomic E-state index is -0.396. The fourth-order valence-corrected chi connectivity index (χ4v) is 0.956. The zero-order chi connectivity index (χ0) is 8.69. The molecule has 11 heavy (non-hydrogen) atoms. The summed E-state index contributed by atoms with van der Waals surface area (Å²) in [5, 5.41) is 0. The molecule has 0 spiro atoms. The van der Waals surface area contributed by atoms with Gasteiger partial charge in [0.05, 0.1) is 6.10 Å². The van der Waals surface area contributed by atoms with Gasteiger partial charge in [0.25, 0.3) is 0 Å². The van der Waals surface area contributed by atoms with Gasteiger partial charge in [-0.15, -0.1) is 0 Å². The molecular weight excluding hydrogens is 145 g/mol. The first-order valence-electron chi connectivity index (χ1n) is 4.09. The lowest BCUT2D eigenvalue weighted by Gasteiger charge is -2.22. The van der Waals surface area contributed by atoms with Gasteiger partial charge in [0.1, 0.15) is 6.67 Å². The molecule has 0 radical (unpaired) electrons. The number of hydrogen-bond acceptors (Lipinski definition) is 2. The largest absolute Gasteiger partial charge is 0.377 e. The van der Waals surface area contributed by atoms with Gasteiger partial charge in [0.2, 0.25) is 0 Å². The first-order chi connectivity index (χ1) is 5.28. The van der Waals surface area contributed by atoms with E-state index >= 15 is 0 Å². The average Bonchev–Trinajstić information content (AvgIpc) is 2.07. The minimum Gasteiger partial charge on any atom is -0.377 e. The molecule has 0 fully saturated rings. The summed E-state index contributed by atoms with van der Waals surface area (Å²) >= 11 is 0. The molecule has 0 aromatic rings. The molecule has 0 aliphatic carbocycles. The van der Waals surface area contributed by atoms with E-state index in [1.807, 2.05) is 0 Å². The molecule has 0 saturated heterocycles. The number of alkyl halides is 1. The molecule has 0 heterocycles. The monoisotopic (exact) mass is 163 g/mol. The molecule has 1 atom stereocenters. The van der Waals surface area contributed by atoms with Crippen molar-refractivity contribution in [2.24, 2.45) is 0 Å². The van der Waals surface area contributed by atoms with E-state index in [0.717, 1.165) is 13.1 Å². The average molecular weight is 163 g/mol. The predicted molar refractivity (Wildman–Crippen MR) is 44.6 cm³/mol. The van der Waals surface area contributed by atoms with Gasteiger partial charge in [-0.3, -0.25) is 0 Å². The number of halogens is 1. The van der Waals surface area contributed by atoms with E-state index < -0.39 is 6.67 Å². The second kappa shape index (κ2) is 6.55. The summed E-state index contributed by atoms with van der Waals surface area (Å²) in [5.74, 6) is 0. The van der Waals surface area contributed by atoms with Crippen LogP contribution < -0.4 is 0 Å². The molecule has 3 heteroatoms. The number of likely N-dealkylation sites (N-methyl/N-ethyl adjacent to an activating group) is 1. The Kier molecular flexibility index (Phi) is 6.46. The first-order valence-corrected chi connectivity index (χ1v) is 4.09. The third kappa shape index (κ3) is 4.32. The van der Waals surface area contributed by atoms with Crippen LogP contribution in [0.1, 0.15) is 13.8 Å². The third-order valence-electron chi connectivity index (χ3n) is 1.86. The van der Waals surface area contributed by atoms with Gasteiger partial charge in [0.15, 0.2) is 0 Å². The highest BCUT2D eigenvalue weighted by Crippen LogP contribution is 1.96. The highest BCUT2D eigenvalue weighted by atomic mass is 19.1. The van der Waals surface area contributed by atoms with Crippen LogP contribution in [0.2, 0.25) is 0 Å². The molecule has 2 nitrogen and oxygen atoms in total. The summed E-state index contributed by atoms with van der Waals surface area (Å²) in [6, 6.07) is 0. The Balaban J connectivity index is 3.58. The maximum Gasteiger partial charge on any atom is 0.117 e. The first kappa shape index (κ1) is 10.8. The van der Waals surface area contributed by atoms with Crippen molar-refractivity contribution in [2.45, 2.75) is 20.0 Å². The van der Waals surface area contributed by atoms with E-state index in [0.29, 0.717) is 6.54 Å². The van der Waals surface area contributed by atoms with Gasteiger partial charge in [-0.05, 0) is 13.1 Å². The Morgan fingerprint density at radius 1 is 1.36 bits per heavy atom. The molecule has 1 unspecified atom stereocenters. The number of ether oxygens (including phenoxy) is 1. The number of nitrogens with zero attached hydrogens (tertiary/aromatic N) is 1. The van der Waals surface area contributed by atoms with Crippen molar-refractivity contribution < 1.29 is 9.13 Å². The number of rotatable bonds is 6. The predicted octanol–water partition coefficient (Wildman–Crippen LogP) is 1.31. The summed E-state index contributed by atoms with van der Waals surface area (Å²) < 4.78 is 17.1. The molecule has 0 rings (SSSR count). The number of methoxy groups -OCH3 is 1. The van der Waals surface area contributed by atoms with Crippen molar-refractivity contribution in [3.05, 3.63) is 0 Å².